The Bertz CT molecular complexity index is 1020. The fourth-order valence-corrected chi connectivity index (χ4v) is 5.26. The Morgan fingerprint density at radius 1 is 1.04 bits per heavy atom. The molecular weight excluding hydrogens is 447 g/mol. The predicted octanol–water partition coefficient (Wildman–Crippen LogP) is 4.23. The molecular formula is C18H17Cl3N2O4S. The van der Waals surface area contributed by atoms with Gasteiger partial charge in [-0.15, -0.1) is 0 Å². The van der Waals surface area contributed by atoms with Gasteiger partial charge in [-0.05, 0) is 36.8 Å². The van der Waals surface area contributed by atoms with Crippen molar-refractivity contribution in [3.63, 3.8) is 0 Å². The van der Waals surface area contributed by atoms with E-state index < -0.39 is 15.9 Å². The molecule has 0 aliphatic carbocycles. The molecule has 1 amide bonds. The van der Waals surface area contributed by atoms with E-state index in [4.69, 9.17) is 39.5 Å². The first kappa shape index (κ1) is 21.4. The first-order valence-electron chi connectivity index (χ1n) is 8.34. The molecule has 6 nitrogen and oxygen atoms in total. The molecule has 1 heterocycles. The van der Waals surface area contributed by atoms with Crippen molar-refractivity contribution in [2.24, 2.45) is 0 Å². The molecule has 2 aromatic rings. The van der Waals surface area contributed by atoms with Crippen molar-refractivity contribution < 1.29 is 17.9 Å². The lowest BCUT2D eigenvalue weighted by Gasteiger charge is -2.26. The van der Waals surface area contributed by atoms with E-state index in [1.165, 1.54) is 16.4 Å². The van der Waals surface area contributed by atoms with Crippen molar-refractivity contribution >= 4 is 56.4 Å². The Morgan fingerprint density at radius 3 is 2.36 bits per heavy atom. The van der Waals surface area contributed by atoms with Gasteiger partial charge in [0.1, 0.15) is 4.90 Å². The molecule has 1 aliphatic heterocycles. The second kappa shape index (κ2) is 8.57. The van der Waals surface area contributed by atoms with E-state index >= 15 is 0 Å². The summed E-state index contributed by atoms with van der Waals surface area (Å²) in [6.07, 6.45) is 0. The highest BCUT2D eigenvalue weighted by molar-refractivity contribution is 7.89. The summed E-state index contributed by atoms with van der Waals surface area (Å²) in [5.74, 6) is -0.592. The monoisotopic (exact) mass is 462 g/mol. The van der Waals surface area contributed by atoms with Gasteiger partial charge in [0.25, 0.3) is 5.91 Å². The number of carbonyl (C=O) groups excluding carboxylic acids is 1. The number of amides is 1. The van der Waals surface area contributed by atoms with Crippen LogP contribution in [0.4, 0.5) is 5.69 Å². The number of morpholine rings is 1. The van der Waals surface area contributed by atoms with Crippen LogP contribution in [0.15, 0.2) is 35.2 Å². The zero-order valence-corrected chi connectivity index (χ0v) is 17.9. The summed E-state index contributed by atoms with van der Waals surface area (Å²) in [6, 6.07) is 7.59. The van der Waals surface area contributed by atoms with Crippen LogP contribution in [0, 0.1) is 6.92 Å². The minimum Gasteiger partial charge on any atom is -0.379 e. The van der Waals surface area contributed by atoms with Gasteiger partial charge >= 0.3 is 0 Å². The number of hydrogen-bond donors (Lipinski definition) is 1. The highest BCUT2D eigenvalue weighted by Crippen LogP contribution is 2.32. The maximum absolute atomic E-state index is 12.9. The van der Waals surface area contributed by atoms with Crippen LogP contribution >= 0.6 is 34.8 Å². The minimum atomic E-state index is -3.90. The summed E-state index contributed by atoms with van der Waals surface area (Å²) >= 11 is 18.4. The van der Waals surface area contributed by atoms with Crippen molar-refractivity contribution in [1.82, 2.24) is 4.31 Å². The second-order valence-electron chi connectivity index (χ2n) is 6.22. The first-order chi connectivity index (χ1) is 13.2. The normalized spacial score (nSPS) is 15.4. The van der Waals surface area contributed by atoms with Gasteiger partial charge in [-0.1, -0.05) is 40.9 Å². The molecule has 28 heavy (non-hydrogen) atoms. The van der Waals surface area contributed by atoms with Crippen LogP contribution in [0.3, 0.4) is 0 Å². The highest BCUT2D eigenvalue weighted by Gasteiger charge is 2.30. The Labute approximate surface area is 178 Å². The van der Waals surface area contributed by atoms with Crippen LogP contribution < -0.4 is 5.32 Å². The standard InChI is InChI=1S/C18H17Cl3N2O4S/c1-11-2-3-16(14(20)8-11)22-18(24)12-9-17(15(21)10-13(12)19)28(25,26)23-4-6-27-7-5-23/h2-3,8-10H,4-7H2,1H3,(H,22,24). The predicted molar refractivity (Wildman–Crippen MR) is 110 cm³/mol. The van der Waals surface area contributed by atoms with Crippen molar-refractivity contribution in [3.8, 4) is 0 Å². The number of aryl methyl sites for hydroxylation is 1. The number of benzene rings is 2. The molecule has 0 atom stereocenters. The van der Waals surface area contributed by atoms with Crippen LogP contribution in [-0.4, -0.2) is 44.9 Å². The van der Waals surface area contributed by atoms with E-state index in [2.05, 4.69) is 5.32 Å². The zero-order chi connectivity index (χ0) is 20.5. The van der Waals surface area contributed by atoms with Crippen LogP contribution in [-0.2, 0) is 14.8 Å². The number of anilines is 1. The van der Waals surface area contributed by atoms with Gasteiger partial charge in [0, 0.05) is 13.1 Å². The summed E-state index contributed by atoms with van der Waals surface area (Å²) in [5, 5.41) is 2.99. The fourth-order valence-electron chi connectivity index (χ4n) is 2.74. The third-order valence-corrected chi connectivity index (χ3v) is 7.22. The van der Waals surface area contributed by atoms with Crippen LogP contribution in [0.5, 0.6) is 0 Å². The van der Waals surface area contributed by atoms with E-state index in [9.17, 15) is 13.2 Å². The Hall–Kier alpha value is -1.35. The van der Waals surface area contributed by atoms with Crippen molar-refractivity contribution in [2.75, 3.05) is 31.6 Å². The molecule has 1 N–H and O–H groups in total. The van der Waals surface area contributed by atoms with E-state index in [-0.39, 0.29) is 33.6 Å². The number of rotatable bonds is 4. The number of halogens is 3. The summed E-state index contributed by atoms with van der Waals surface area (Å²) in [6.45, 7) is 2.88. The lowest BCUT2D eigenvalue weighted by Crippen LogP contribution is -2.40. The van der Waals surface area contributed by atoms with Crippen LogP contribution in [0.25, 0.3) is 0 Å². The summed E-state index contributed by atoms with van der Waals surface area (Å²) in [7, 11) is -3.90. The fraction of sp³-hybridized carbons (Fsp3) is 0.278. The summed E-state index contributed by atoms with van der Waals surface area (Å²) < 4.78 is 32.3. The van der Waals surface area contributed by atoms with Gasteiger partial charge in [0.15, 0.2) is 0 Å². The van der Waals surface area contributed by atoms with E-state index in [0.29, 0.717) is 23.9 Å². The second-order valence-corrected chi connectivity index (χ2v) is 9.34. The van der Waals surface area contributed by atoms with Crippen molar-refractivity contribution in [3.05, 3.63) is 56.5 Å². The molecule has 0 saturated carbocycles. The first-order valence-corrected chi connectivity index (χ1v) is 10.9. The smallest absolute Gasteiger partial charge is 0.257 e. The summed E-state index contributed by atoms with van der Waals surface area (Å²) in [5.41, 5.74) is 1.31. The molecule has 1 saturated heterocycles. The minimum absolute atomic E-state index is 0.0189. The van der Waals surface area contributed by atoms with Gasteiger partial charge < -0.3 is 10.1 Å². The van der Waals surface area contributed by atoms with Gasteiger partial charge in [0.05, 0.1) is 39.5 Å². The van der Waals surface area contributed by atoms with E-state index in [0.717, 1.165) is 5.56 Å². The van der Waals surface area contributed by atoms with Gasteiger partial charge in [-0.2, -0.15) is 4.31 Å². The van der Waals surface area contributed by atoms with Gasteiger partial charge in [0.2, 0.25) is 10.0 Å². The number of sulfonamides is 1. The summed E-state index contributed by atoms with van der Waals surface area (Å²) in [4.78, 5) is 12.5. The lowest BCUT2D eigenvalue weighted by molar-refractivity contribution is 0.0730. The molecule has 0 unspecified atom stereocenters. The molecule has 0 bridgehead atoms. The molecule has 1 aliphatic rings. The quantitative estimate of drug-likeness (QED) is 0.736. The molecule has 150 valence electrons. The molecule has 0 aromatic heterocycles. The molecule has 3 rings (SSSR count). The Kier molecular flexibility index (Phi) is 6.54. The number of ether oxygens (including phenoxy) is 1. The van der Waals surface area contributed by atoms with E-state index in [1.54, 1.807) is 18.2 Å². The molecule has 1 fully saturated rings. The van der Waals surface area contributed by atoms with E-state index in [1.807, 2.05) is 6.92 Å². The average molecular weight is 464 g/mol. The molecule has 0 spiro atoms. The largest absolute Gasteiger partial charge is 0.379 e. The Balaban J connectivity index is 1.95. The van der Waals surface area contributed by atoms with Crippen LogP contribution in [0.2, 0.25) is 15.1 Å². The Morgan fingerprint density at radius 2 is 1.71 bits per heavy atom. The highest BCUT2D eigenvalue weighted by atomic mass is 35.5. The van der Waals surface area contributed by atoms with Crippen molar-refractivity contribution in [1.29, 1.82) is 0 Å². The maximum Gasteiger partial charge on any atom is 0.257 e. The third kappa shape index (κ3) is 4.45. The number of carbonyl (C=O) groups is 1. The number of nitrogens with zero attached hydrogens (tertiary/aromatic N) is 1. The van der Waals surface area contributed by atoms with Gasteiger partial charge in [-0.3, -0.25) is 4.79 Å². The number of hydrogen-bond acceptors (Lipinski definition) is 4. The maximum atomic E-state index is 12.9. The topological polar surface area (TPSA) is 75.7 Å². The average Bonchev–Trinajstić information content (AvgIpc) is 2.64. The van der Waals surface area contributed by atoms with Gasteiger partial charge in [-0.25, -0.2) is 8.42 Å². The lowest BCUT2D eigenvalue weighted by atomic mass is 10.2. The molecule has 10 heteroatoms. The van der Waals surface area contributed by atoms with Crippen molar-refractivity contribution in [2.45, 2.75) is 11.8 Å². The third-order valence-electron chi connectivity index (χ3n) is 4.23. The molecule has 0 radical (unpaired) electrons. The zero-order valence-electron chi connectivity index (χ0n) is 14.8. The number of nitrogens with one attached hydrogen (secondary N) is 1. The molecule has 2 aromatic carbocycles. The SMILES string of the molecule is Cc1ccc(NC(=O)c2cc(S(=O)(=O)N3CCOCC3)c(Cl)cc2Cl)c(Cl)c1. The van der Waals surface area contributed by atoms with Crippen LogP contribution in [0.1, 0.15) is 15.9 Å².